The molecule has 7 heteroatoms. The lowest BCUT2D eigenvalue weighted by atomic mass is 10.0. The molecule has 2 amide bonds. The van der Waals surface area contributed by atoms with E-state index in [0.29, 0.717) is 24.3 Å². The highest BCUT2D eigenvalue weighted by Gasteiger charge is 2.32. The van der Waals surface area contributed by atoms with Gasteiger partial charge in [0.25, 0.3) is 0 Å². The lowest BCUT2D eigenvalue weighted by Gasteiger charge is -2.15. The Bertz CT molecular complexity index is 969. The van der Waals surface area contributed by atoms with Crippen molar-refractivity contribution in [1.29, 1.82) is 0 Å². The zero-order valence-electron chi connectivity index (χ0n) is 17.0. The van der Waals surface area contributed by atoms with Crippen molar-refractivity contribution in [1.82, 2.24) is 10.2 Å². The summed E-state index contributed by atoms with van der Waals surface area (Å²) in [5, 5.41) is 2.62. The topological polar surface area (TPSA) is 61.9 Å². The normalized spacial score (nSPS) is 15.8. The highest BCUT2D eigenvalue weighted by molar-refractivity contribution is 5.90. The molecule has 1 saturated heterocycles. The van der Waals surface area contributed by atoms with Gasteiger partial charge in [-0.1, -0.05) is 30.2 Å². The first-order chi connectivity index (χ1) is 14.4. The number of nitrogens with zero attached hydrogens (tertiary/aromatic N) is 2. The molecule has 2 aromatic carbocycles. The molecular formula is C23H24FN3O3. The second-order valence-corrected chi connectivity index (χ2v) is 7.29. The van der Waals surface area contributed by atoms with E-state index in [1.807, 2.05) is 36.2 Å². The predicted molar refractivity (Wildman–Crippen MR) is 113 cm³/mol. The van der Waals surface area contributed by atoms with Gasteiger partial charge < -0.3 is 10.1 Å². The number of carbonyl (C=O) groups excluding carboxylic acids is 2. The molecule has 1 unspecified atom stereocenters. The number of hydrogen-bond acceptors (Lipinski definition) is 4. The van der Waals surface area contributed by atoms with E-state index in [0.717, 1.165) is 11.1 Å². The third-order valence-corrected chi connectivity index (χ3v) is 4.80. The Morgan fingerprint density at radius 3 is 2.70 bits per heavy atom. The Balaban J connectivity index is 1.70. The SMILES string of the molecule is C#CCN(C)Cc1ccc(-c2ccc(N3CC(CNC(C)=O)OC3=O)cc2F)cc1. The number of anilines is 1. The Kier molecular flexibility index (Phi) is 6.70. The van der Waals surface area contributed by atoms with Crippen LogP contribution in [-0.2, 0) is 16.1 Å². The fraction of sp³-hybridized carbons (Fsp3) is 0.304. The smallest absolute Gasteiger partial charge is 0.414 e. The van der Waals surface area contributed by atoms with Crippen molar-refractivity contribution in [3.63, 3.8) is 0 Å². The van der Waals surface area contributed by atoms with Gasteiger partial charge in [0.1, 0.15) is 11.9 Å². The van der Waals surface area contributed by atoms with Crippen LogP contribution < -0.4 is 10.2 Å². The molecular weight excluding hydrogens is 385 g/mol. The quantitative estimate of drug-likeness (QED) is 0.714. The summed E-state index contributed by atoms with van der Waals surface area (Å²) in [6.07, 6.45) is 4.29. The van der Waals surface area contributed by atoms with Gasteiger partial charge in [-0.3, -0.25) is 14.6 Å². The Morgan fingerprint density at radius 2 is 2.07 bits per heavy atom. The molecule has 2 aromatic rings. The maximum atomic E-state index is 14.8. The average Bonchev–Trinajstić information content (AvgIpc) is 3.08. The van der Waals surface area contributed by atoms with Gasteiger partial charge in [-0.2, -0.15) is 0 Å². The van der Waals surface area contributed by atoms with Crippen molar-refractivity contribution in [2.75, 3.05) is 31.6 Å². The molecule has 1 aliphatic rings. The van der Waals surface area contributed by atoms with E-state index in [1.54, 1.807) is 12.1 Å². The number of rotatable bonds is 7. The summed E-state index contributed by atoms with van der Waals surface area (Å²) >= 11 is 0. The van der Waals surface area contributed by atoms with E-state index in [1.165, 1.54) is 17.9 Å². The zero-order chi connectivity index (χ0) is 21.7. The summed E-state index contributed by atoms with van der Waals surface area (Å²) in [6, 6.07) is 12.3. The van der Waals surface area contributed by atoms with Crippen LogP contribution in [0.1, 0.15) is 12.5 Å². The fourth-order valence-electron chi connectivity index (χ4n) is 3.32. The maximum Gasteiger partial charge on any atom is 0.414 e. The molecule has 1 fully saturated rings. The van der Waals surface area contributed by atoms with Crippen molar-refractivity contribution in [3.05, 3.63) is 53.8 Å². The first-order valence-electron chi connectivity index (χ1n) is 9.61. The summed E-state index contributed by atoms with van der Waals surface area (Å²) in [6.45, 7) is 3.13. The monoisotopic (exact) mass is 409 g/mol. The second kappa shape index (κ2) is 9.42. The number of amides is 2. The van der Waals surface area contributed by atoms with Crippen LogP contribution in [0.3, 0.4) is 0 Å². The van der Waals surface area contributed by atoms with E-state index in [4.69, 9.17) is 11.2 Å². The first kappa shape index (κ1) is 21.3. The lowest BCUT2D eigenvalue weighted by molar-refractivity contribution is -0.119. The number of cyclic esters (lactones) is 1. The summed E-state index contributed by atoms with van der Waals surface area (Å²) in [5.41, 5.74) is 2.69. The lowest BCUT2D eigenvalue weighted by Crippen LogP contribution is -2.33. The Labute approximate surface area is 175 Å². The molecule has 0 aliphatic carbocycles. The number of benzene rings is 2. The number of hydrogen-bond donors (Lipinski definition) is 1. The average molecular weight is 409 g/mol. The summed E-state index contributed by atoms with van der Waals surface area (Å²) in [7, 11) is 1.94. The molecule has 0 bridgehead atoms. The van der Waals surface area contributed by atoms with E-state index in [9.17, 15) is 14.0 Å². The summed E-state index contributed by atoms with van der Waals surface area (Å²) in [5.74, 6) is 1.97. The van der Waals surface area contributed by atoms with E-state index in [-0.39, 0.29) is 19.0 Å². The van der Waals surface area contributed by atoms with Gasteiger partial charge in [0.2, 0.25) is 5.91 Å². The van der Waals surface area contributed by atoms with Crippen LogP contribution in [0.15, 0.2) is 42.5 Å². The van der Waals surface area contributed by atoms with Crippen LogP contribution in [0.5, 0.6) is 0 Å². The number of carbonyl (C=O) groups is 2. The summed E-state index contributed by atoms with van der Waals surface area (Å²) in [4.78, 5) is 26.5. The van der Waals surface area contributed by atoms with Crippen molar-refractivity contribution < 1.29 is 18.7 Å². The second-order valence-electron chi connectivity index (χ2n) is 7.29. The molecule has 0 aromatic heterocycles. The van der Waals surface area contributed by atoms with Gasteiger partial charge >= 0.3 is 6.09 Å². The molecule has 1 aliphatic heterocycles. The van der Waals surface area contributed by atoms with Crippen LogP contribution in [-0.4, -0.2) is 49.7 Å². The number of nitrogens with one attached hydrogen (secondary N) is 1. The molecule has 1 atom stereocenters. The minimum Gasteiger partial charge on any atom is -0.442 e. The van der Waals surface area contributed by atoms with Crippen molar-refractivity contribution in [2.24, 2.45) is 0 Å². The zero-order valence-corrected chi connectivity index (χ0v) is 17.0. The summed E-state index contributed by atoms with van der Waals surface area (Å²) < 4.78 is 20.0. The standard InChI is InChI=1S/C23H24FN3O3/c1-4-11-26(3)14-17-5-7-18(8-6-17)21-10-9-19(12-22(21)24)27-15-20(30-23(27)29)13-25-16(2)28/h1,5-10,12,20H,11,13-15H2,2-3H3,(H,25,28). The molecule has 30 heavy (non-hydrogen) atoms. The van der Waals surface area contributed by atoms with Gasteiger partial charge in [-0.05, 0) is 36.4 Å². The van der Waals surface area contributed by atoms with Crippen molar-refractivity contribution >= 4 is 17.7 Å². The highest BCUT2D eigenvalue weighted by Crippen LogP contribution is 2.29. The number of terminal acetylenes is 1. The minimum absolute atomic E-state index is 0.200. The van der Waals surface area contributed by atoms with Crippen LogP contribution >= 0.6 is 0 Å². The van der Waals surface area contributed by atoms with Crippen molar-refractivity contribution in [3.8, 4) is 23.5 Å². The van der Waals surface area contributed by atoms with Crippen LogP contribution in [0, 0.1) is 18.2 Å². The molecule has 6 nitrogen and oxygen atoms in total. The molecule has 0 saturated carbocycles. The molecule has 0 spiro atoms. The number of ether oxygens (including phenoxy) is 1. The van der Waals surface area contributed by atoms with E-state index < -0.39 is 18.0 Å². The molecule has 0 radical (unpaired) electrons. The largest absolute Gasteiger partial charge is 0.442 e. The van der Waals surface area contributed by atoms with E-state index in [2.05, 4.69) is 11.2 Å². The van der Waals surface area contributed by atoms with Gasteiger partial charge in [-0.15, -0.1) is 6.42 Å². The van der Waals surface area contributed by atoms with Crippen LogP contribution in [0.25, 0.3) is 11.1 Å². The van der Waals surface area contributed by atoms with E-state index >= 15 is 0 Å². The molecule has 1 heterocycles. The van der Waals surface area contributed by atoms with Gasteiger partial charge in [0.15, 0.2) is 0 Å². The van der Waals surface area contributed by atoms with Gasteiger partial charge in [0, 0.05) is 19.0 Å². The highest BCUT2D eigenvalue weighted by atomic mass is 19.1. The predicted octanol–water partition coefficient (Wildman–Crippen LogP) is 3.02. The number of halogens is 1. The third-order valence-electron chi connectivity index (χ3n) is 4.80. The first-order valence-corrected chi connectivity index (χ1v) is 9.61. The van der Waals surface area contributed by atoms with Gasteiger partial charge in [-0.25, -0.2) is 9.18 Å². The Hall–Kier alpha value is -3.37. The fourth-order valence-corrected chi connectivity index (χ4v) is 3.32. The minimum atomic E-state index is -0.557. The van der Waals surface area contributed by atoms with Gasteiger partial charge in [0.05, 0.1) is 25.3 Å². The van der Waals surface area contributed by atoms with Crippen LogP contribution in [0.2, 0.25) is 0 Å². The Morgan fingerprint density at radius 1 is 1.33 bits per heavy atom. The van der Waals surface area contributed by atoms with Crippen LogP contribution in [0.4, 0.5) is 14.9 Å². The molecule has 156 valence electrons. The molecule has 1 N–H and O–H groups in total. The third kappa shape index (κ3) is 5.16. The van der Waals surface area contributed by atoms with Crippen molar-refractivity contribution in [2.45, 2.75) is 19.6 Å². The maximum absolute atomic E-state index is 14.8. The molecule has 3 rings (SSSR count).